The lowest BCUT2D eigenvalue weighted by Crippen LogP contribution is -2.23. The number of aromatic amines is 1. The number of amides is 1. The van der Waals surface area contributed by atoms with Gasteiger partial charge in [-0.1, -0.05) is 18.2 Å². The molecule has 0 aliphatic carbocycles. The molecule has 2 aromatic heterocycles. The molecule has 0 spiro atoms. The van der Waals surface area contributed by atoms with Crippen LogP contribution >= 0.6 is 0 Å². The summed E-state index contributed by atoms with van der Waals surface area (Å²) < 4.78 is 1.77. The van der Waals surface area contributed by atoms with Gasteiger partial charge in [-0.05, 0) is 23.8 Å². The summed E-state index contributed by atoms with van der Waals surface area (Å²) in [5.41, 5.74) is 8.50. The van der Waals surface area contributed by atoms with E-state index in [1.807, 2.05) is 36.5 Å². The van der Waals surface area contributed by atoms with Gasteiger partial charge in [0.2, 0.25) is 0 Å². The van der Waals surface area contributed by atoms with E-state index >= 15 is 0 Å². The molecule has 0 aliphatic heterocycles. The third kappa shape index (κ3) is 2.79. The van der Waals surface area contributed by atoms with Crippen LogP contribution in [0.1, 0.15) is 16.1 Å². The Bertz CT molecular complexity index is 745. The van der Waals surface area contributed by atoms with Crippen LogP contribution in [-0.2, 0) is 6.54 Å². The first kappa shape index (κ1) is 13.0. The highest BCUT2D eigenvalue weighted by atomic mass is 16.1. The number of carbonyl (C=O) groups is 1. The van der Waals surface area contributed by atoms with Crippen molar-refractivity contribution in [2.45, 2.75) is 6.54 Å². The van der Waals surface area contributed by atoms with Crippen LogP contribution in [0, 0.1) is 0 Å². The molecule has 2 heterocycles. The zero-order valence-corrected chi connectivity index (χ0v) is 11.3. The molecule has 0 saturated carbocycles. The van der Waals surface area contributed by atoms with E-state index in [1.165, 1.54) is 0 Å². The van der Waals surface area contributed by atoms with Crippen molar-refractivity contribution < 1.29 is 4.79 Å². The van der Waals surface area contributed by atoms with Gasteiger partial charge in [-0.15, -0.1) is 0 Å². The van der Waals surface area contributed by atoms with Gasteiger partial charge in [0.1, 0.15) is 5.69 Å². The first-order valence-electron chi connectivity index (χ1n) is 6.54. The zero-order chi connectivity index (χ0) is 14.7. The van der Waals surface area contributed by atoms with Crippen molar-refractivity contribution in [2.75, 3.05) is 5.73 Å². The fourth-order valence-corrected chi connectivity index (χ4v) is 2.11. The van der Waals surface area contributed by atoms with Crippen LogP contribution in [0.3, 0.4) is 0 Å². The van der Waals surface area contributed by atoms with E-state index in [2.05, 4.69) is 15.4 Å². The number of rotatable bonds is 4. The summed E-state index contributed by atoms with van der Waals surface area (Å²) in [5.74, 6) is -0.193. The molecule has 0 saturated heterocycles. The highest BCUT2D eigenvalue weighted by molar-refractivity contribution is 5.93. The number of anilines is 1. The summed E-state index contributed by atoms with van der Waals surface area (Å²) in [4.78, 5) is 14.8. The van der Waals surface area contributed by atoms with Crippen molar-refractivity contribution in [3.8, 4) is 5.69 Å². The van der Waals surface area contributed by atoms with Gasteiger partial charge in [-0.2, -0.15) is 5.10 Å². The Morgan fingerprint density at radius 1 is 1.33 bits per heavy atom. The summed E-state index contributed by atoms with van der Waals surface area (Å²) in [5, 5.41) is 7.08. The number of hydrogen-bond donors (Lipinski definition) is 3. The highest BCUT2D eigenvalue weighted by Crippen LogP contribution is 2.13. The fraction of sp³-hybridized carbons (Fsp3) is 0.0667. The van der Waals surface area contributed by atoms with Gasteiger partial charge < -0.3 is 16.0 Å². The molecule has 21 heavy (non-hydrogen) atoms. The Morgan fingerprint density at radius 2 is 2.19 bits per heavy atom. The average Bonchev–Trinajstić information content (AvgIpc) is 3.16. The molecule has 106 valence electrons. The van der Waals surface area contributed by atoms with Crippen LogP contribution < -0.4 is 11.1 Å². The molecule has 0 unspecified atom stereocenters. The molecule has 0 aliphatic rings. The maximum Gasteiger partial charge on any atom is 0.268 e. The first-order chi connectivity index (χ1) is 10.2. The number of nitrogens with zero attached hydrogens (tertiary/aromatic N) is 2. The lowest BCUT2D eigenvalue weighted by Gasteiger charge is -2.10. The van der Waals surface area contributed by atoms with Crippen molar-refractivity contribution in [3.05, 3.63) is 66.2 Å². The molecule has 1 amide bonds. The SMILES string of the molecule is Nc1c[nH]c(C(=O)NCc2ccccc2-n2cccn2)c1. The third-order valence-electron chi connectivity index (χ3n) is 3.13. The summed E-state index contributed by atoms with van der Waals surface area (Å²) in [6.07, 6.45) is 5.18. The summed E-state index contributed by atoms with van der Waals surface area (Å²) >= 11 is 0. The van der Waals surface area contributed by atoms with Gasteiger partial charge in [0, 0.05) is 30.8 Å². The molecular formula is C15H15N5O. The number of nitrogens with one attached hydrogen (secondary N) is 2. The molecule has 6 nitrogen and oxygen atoms in total. The molecular weight excluding hydrogens is 266 g/mol. The average molecular weight is 281 g/mol. The van der Waals surface area contributed by atoms with E-state index in [0.717, 1.165) is 11.3 Å². The second kappa shape index (κ2) is 5.54. The van der Waals surface area contributed by atoms with Gasteiger partial charge >= 0.3 is 0 Å². The Hall–Kier alpha value is -3.02. The van der Waals surface area contributed by atoms with Crippen LogP contribution in [0.2, 0.25) is 0 Å². The smallest absolute Gasteiger partial charge is 0.268 e. The normalized spacial score (nSPS) is 10.5. The minimum atomic E-state index is -0.193. The number of nitrogens with two attached hydrogens (primary N) is 1. The topological polar surface area (TPSA) is 88.7 Å². The lowest BCUT2D eigenvalue weighted by atomic mass is 10.1. The third-order valence-corrected chi connectivity index (χ3v) is 3.13. The first-order valence-corrected chi connectivity index (χ1v) is 6.54. The maximum atomic E-state index is 12.0. The Morgan fingerprint density at radius 3 is 2.90 bits per heavy atom. The van der Waals surface area contributed by atoms with Gasteiger partial charge in [0.05, 0.1) is 5.69 Å². The van der Waals surface area contributed by atoms with Crippen LogP contribution in [0.4, 0.5) is 5.69 Å². The largest absolute Gasteiger partial charge is 0.397 e. The van der Waals surface area contributed by atoms with E-state index < -0.39 is 0 Å². The van der Waals surface area contributed by atoms with Crippen molar-refractivity contribution in [1.82, 2.24) is 20.1 Å². The molecule has 6 heteroatoms. The molecule has 3 aromatic rings. The summed E-state index contributed by atoms with van der Waals surface area (Å²) in [6, 6.07) is 11.3. The predicted molar refractivity (Wildman–Crippen MR) is 79.9 cm³/mol. The molecule has 3 rings (SSSR count). The molecule has 0 radical (unpaired) electrons. The monoisotopic (exact) mass is 281 g/mol. The van der Waals surface area contributed by atoms with Gasteiger partial charge in [-0.3, -0.25) is 4.79 Å². The number of carbonyl (C=O) groups excluding carboxylic acids is 1. The molecule has 0 bridgehead atoms. The number of para-hydroxylation sites is 1. The number of hydrogen-bond acceptors (Lipinski definition) is 3. The number of H-pyrrole nitrogens is 1. The van der Waals surface area contributed by atoms with E-state index in [-0.39, 0.29) is 5.91 Å². The second-order valence-corrected chi connectivity index (χ2v) is 4.61. The zero-order valence-electron chi connectivity index (χ0n) is 11.3. The highest BCUT2D eigenvalue weighted by Gasteiger charge is 2.09. The minimum Gasteiger partial charge on any atom is -0.397 e. The maximum absolute atomic E-state index is 12.0. The number of aromatic nitrogens is 3. The van der Waals surface area contributed by atoms with E-state index in [0.29, 0.717) is 17.9 Å². The van der Waals surface area contributed by atoms with E-state index in [1.54, 1.807) is 23.1 Å². The van der Waals surface area contributed by atoms with E-state index in [4.69, 9.17) is 5.73 Å². The van der Waals surface area contributed by atoms with Gasteiger partial charge in [-0.25, -0.2) is 4.68 Å². The lowest BCUT2D eigenvalue weighted by molar-refractivity contribution is 0.0946. The van der Waals surface area contributed by atoms with E-state index in [9.17, 15) is 4.79 Å². The number of nitrogen functional groups attached to an aromatic ring is 1. The standard InChI is InChI=1S/C15H15N5O/c16-12-8-13(17-10-12)15(21)18-9-11-4-1-2-5-14(11)20-7-3-6-19-20/h1-8,10,17H,9,16H2,(H,18,21). The van der Waals surface area contributed by atoms with Crippen LogP contribution in [0.15, 0.2) is 55.0 Å². The van der Waals surface area contributed by atoms with Crippen LogP contribution in [-0.4, -0.2) is 20.7 Å². The Labute approximate surface area is 121 Å². The Kier molecular flexibility index (Phi) is 3.42. The van der Waals surface area contributed by atoms with Gasteiger partial charge in [0.25, 0.3) is 5.91 Å². The molecule has 1 aromatic carbocycles. The quantitative estimate of drug-likeness (QED) is 0.680. The summed E-state index contributed by atoms with van der Waals surface area (Å²) in [7, 11) is 0. The molecule has 0 fully saturated rings. The minimum absolute atomic E-state index is 0.193. The molecule has 4 N–H and O–H groups in total. The van der Waals surface area contributed by atoms with Crippen LogP contribution in [0.5, 0.6) is 0 Å². The van der Waals surface area contributed by atoms with Crippen LogP contribution in [0.25, 0.3) is 5.69 Å². The van der Waals surface area contributed by atoms with Crippen molar-refractivity contribution in [1.29, 1.82) is 0 Å². The number of benzene rings is 1. The van der Waals surface area contributed by atoms with Crippen molar-refractivity contribution in [2.24, 2.45) is 0 Å². The fourth-order valence-electron chi connectivity index (χ4n) is 2.11. The Balaban J connectivity index is 1.75. The van der Waals surface area contributed by atoms with Crippen molar-refractivity contribution >= 4 is 11.6 Å². The predicted octanol–water partition coefficient (Wildman–Crippen LogP) is 1.71. The van der Waals surface area contributed by atoms with Crippen molar-refractivity contribution in [3.63, 3.8) is 0 Å². The molecule has 0 atom stereocenters. The van der Waals surface area contributed by atoms with Gasteiger partial charge in [0.15, 0.2) is 0 Å². The second-order valence-electron chi connectivity index (χ2n) is 4.61. The summed E-state index contributed by atoms with van der Waals surface area (Å²) in [6.45, 7) is 0.411.